The SMILES string of the molecule is CCC(Cl)/C(F)=C/c1ccc(Cl)cc1. The first-order chi connectivity index (χ1) is 6.63. The van der Waals surface area contributed by atoms with Gasteiger partial charge in [-0.3, -0.25) is 0 Å². The normalized spacial score (nSPS) is 14.1. The molecule has 0 aliphatic carbocycles. The molecule has 1 rings (SSSR count). The largest absolute Gasteiger partial charge is 0.210 e. The van der Waals surface area contributed by atoms with E-state index in [-0.39, 0.29) is 5.83 Å². The van der Waals surface area contributed by atoms with Crippen molar-refractivity contribution in [2.24, 2.45) is 0 Å². The van der Waals surface area contributed by atoms with Crippen LogP contribution in [-0.4, -0.2) is 5.38 Å². The summed E-state index contributed by atoms with van der Waals surface area (Å²) in [4.78, 5) is 0. The summed E-state index contributed by atoms with van der Waals surface area (Å²) >= 11 is 11.4. The fraction of sp³-hybridized carbons (Fsp3) is 0.273. The molecule has 0 spiro atoms. The molecule has 0 aromatic heterocycles. The van der Waals surface area contributed by atoms with Crippen molar-refractivity contribution in [1.82, 2.24) is 0 Å². The van der Waals surface area contributed by atoms with Gasteiger partial charge in [0.05, 0.1) is 5.38 Å². The van der Waals surface area contributed by atoms with Crippen molar-refractivity contribution in [3.63, 3.8) is 0 Å². The molecule has 0 radical (unpaired) electrons. The third kappa shape index (κ3) is 3.32. The molecule has 0 bridgehead atoms. The molecule has 0 N–H and O–H groups in total. The summed E-state index contributed by atoms with van der Waals surface area (Å²) in [6, 6.07) is 6.94. The van der Waals surface area contributed by atoms with Gasteiger partial charge in [0.2, 0.25) is 0 Å². The van der Waals surface area contributed by atoms with Crippen LogP contribution in [0.25, 0.3) is 6.08 Å². The van der Waals surface area contributed by atoms with Gasteiger partial charge in [-0.2, -0.15) is 0 Å². The Balaban J connectivity index is 2.81. The topological polar surface area (TPSA) is 0 Å². The lowest BCUT2D eigenvalue weighted by molar-refractivity contribution is 0.595. The summed E-state index contributed by atoms with van der Waals surface area (Å²) in [7, 11) is 0. The minimum atomic E-state index is -0.536. The molecular formula is C11H11Cl2F. The van der Waals surface area contributed by atoms with E-state index < -0.39 is 5.38 Å². The quantitative estimate of drug-likeness (QED) is 0.665. The highest BCUT2D eigenvalue weighted by atomic mass is 35.5. The van der Waals surface area contributed by atoms with E-state index in [0.717, 1.165) is 5.56 Å². The van der Waals surface area contributed by atoms with Crippen molar-refractivity contribution >= 4 is 29.3 Å². The van der Waals surface area contributed by atoms with E-state index in [0.29, 0.717) is 11.4 Å². The number of hydrogen-bond acceptors (Lipinski definition) is 0. The Labute approximate surface area is 93.3 Å². The van der Waals surface area contributed by atoms with Crippen molar-refractivity contribution in [1.29, 1.82) is 0 Å². The van der Waals surface area contributed by atoms with Gasteiger partial charge in [-0.25, -0.2) is 4.39 Å². The first-order valence-corrected chi connectivity index (χ1v) is 5.21. The van der Waals surface area contributed by atoms with Crippen LogP contribution in [0.5, 0.6) is 0 Å². The van der Waals surface area contributed by atoms with Crippen LogP contribution in [0.15, 0.2) is 30.1 Å². The second-order valence-corrected chi connectivity index (χ2v) is 3.92. The second kappa shape index (κ2) is 5.38. The van der Waals surface area contributed by atoms with E-state index in [2.05, 4.69) is 0 Å². The molecule has 1 aromatic rings. The van der Waals surface area contributed by atoms with E-state index in [9.17, 15) is 4.39 Å². The minimum Gasteiger partial charge on any atom is -0.210 e. The average Bonchev–Trinajstić information content (AvgIpc) is 2.20. The predicted molar refractivity (Wildman–Crippen MR) is 60.5 cm³/mol. The standard InChI is InChI=1S/C11H11Cl2F/c1-2-10(13)11(14)7-8-3-5-9(12)6-4-8/h3-7,10H,2H2,1H3/b11-7-. The molecule has 0 heterocycles. The molecule has 0 saturated carbocycles. The predicted octanol–water partition coefficient (Wildman–Crippen LogP) is 4.67. The number of alkyl halides is 1. The summed E-state index contributed by atoms with van der Waals surface area (Å²) in [5, 5.41) is 0.103. The third-order valence-corrected chi connectivity index (χ3v) is 2.60. The highest BCUT2D eigenvalue weighted by molar-refractivity contribution is 6.30. The smallest absolute Gasteiger partial charge is 0.118 e. The molecule has 1 aromatic carbocycles. The monoisotopic (exact) mass is 232 g/mol. The van der Waals surface area contributed by atoms with Gasteiger partial charge in [-0.15, -0.1) is 11.6 Å². The number of benzene rings is 1. The van der Waals surface area contributed by atoms with Gasteiger partial charge in [0, 0.05) is 5.02 Å². The van der Waals surface area contributed by atoms with Crippen LogP contribution in [0.1, 0.15) is 18.9 Å². The zero-order chi connectivity index (χ0) is 10.6. The van der Waals surface area contributed by atoms with Crippen LogP contribution in [0, 0.1) is 0 Å². The van der Waals surface area contributed by atoms with Gasteiger partial charge in [-0.1, -0.05) is 30.7 Å². The van der Waals surface area contributed by atoms with Gasteiger partial charge in [-0.05, 0) is 30.2 Å². The summed E-state index contributed by atoms with van der Waals surface area (Å²) in [6.45, 7) is 1.84. The van der Waals surface area contributed by atoms with Gasteiger partial charge >= 0.3 is 0 Å². The van der Waals surface area contributed by atoms with Gasteiger partial charge in [0.1, 0.15) is 5.83 Å². The van der Waals surface area contributed by atoms with E-state index in [1.54, 1.807) is 24.3 Å². The Hall–Kier alpha value is -0.530. The van der Waals surface area contributed by atoms with Gasteiger partial charge in [0.25, 0.3) is 0 Å². The summed E-state index contributed by atoms with van der Waals surface area (Å²) in [5.74, 6) is -0.309. The van der Waals surface area contributed by atoms with Crippen LogP contribution in [0.4, 0.5) is 4.39 Å². The van der Waals surface area contributed by atoms with Crippen molar-refractivity contribution < 1.29 is 4.39 Å². The molecule has 1 atom stereocenters. The highest BCUT2D eigenvalue weighted by Gasteiger charge is 2.07. The molecule has 76 valence electrons. The number of hydrogen-bond donors (Lipinski definition) is 0. The van der Waals surface area contributed by atoms with E-state index in [4.69, 9.17) is 23.2 Å². The molecular weight excluding hydrogens is 222 g/mol. The van der Waals surface area contributed by atoms with Crippen molar-refractivity contribution in [2.75, 3.05) is 0 Å². The summed E-state index contributed by atoms with van der Waals surface area (Å²) < 4.78 is 13.3. The maximum absolute atomic E-state index is 13.3. The van der Waals surface area contributed by atoms with Crippen molar-refractivity contribution in [2.45, 2.75) is 18.7 Å². The Bertz CT molecular complexity index is 317. The first-order valence-electron chi connectivity index (χ1n) is 4.40. The van der Waals surface area contributed by atoms with E-state index >= 15 is 0 Å². The molecule has 0 aliphatic rings. The van der Waals surface area contributed by atoms with Crippen LogP contribution in [0.2, 0.25) is 5.02 Å². The van der Waals surface area contributed by atoms with Crippen LogP contribution in [0.3, 0.4) is 0 Å². The molecule has 0 fully saturated rings. The Kier molecular flexibility index (Phi) is 4.43. The number of rotatable bonds is 3. The number of halogens is 3. The maximum Gasteiger partial charge on any atom is 0.118 e. The lowest BCUT2D eigenvalue weighted by Gasteiger charge is -2.02. The van der Waals surface area contributed by atoms with Gasteiger partial charge in [0.15, 0.2) is 0 Å². The van der Waals surface area contributed by atoms with Crippen LogP contribution < -0.4 is 0 Å². The van der Waals surface area contributed by atoms with Gasteiger partial charge < -0.3 is 0 Å². The van der Waals surface area contributed by atoms with Crippen LogP contribution >= 0.6 is 23.2 Å². The summed E-state index contributed by atoms with van der Waals surface area (Å²) in [5.41, 5.74) is 0.769. The fourth-order valence-electron chi connectivity index (χ4n) is 1.00. The Morgan fingerprint density at radius 1 is 1.43 bits per heavy atom. The zero-order valence-corrected chi connectivity index (χ0v) is 9.32. The molecule has 0 aliphatic heterocycles. The molecule has 0 nitrogen and oxygen atoms in total. The molecule has 3 heteroatoms. The van der Waals surface area contributed by atoms with Crippen LogP contribution in [-0.2, 0) is 0 Å². The molecule has 0 saturated heterocycles. The Morgan fingerprint density at radius 2 is 2.00 bits per heavy atom. The lowest BCUT2D eigenvalue weighted by atomic mass is 10.2. The third-order valence-electron chi connectivity index (χ3n) is 1.83. The minimum absolute atomic E-state index is 0.309. The summed E-state index contributed by atoms with van der Waals surface area (Å²) in [6.07, 6.45) is 2.01. The highest BCUT2D eigenvalue weighted by Crippen LogP contribution is 2.19. The Morgan fingerprint density at radius 3 is 2.50 bits per heavy atom. The van der Waals surface area contributed by atoms with E-state index in [1.807, 2.05) is 6.92 Å². The average molecular weight is 233 g/mol. The zero-order valence-electron chi connectivity index (χ0n) is 7.81. The lowest BCUT2D eigenvalue weighted by Crippen LogP contribution is -1.95. The first kappa shape index (κ1) is 11.5. The van der Waals surface area contributed by atoms with Crippen molar-refractivity contribution in [3.05, 3.63) is 40.7 Å². The fourth-order valence-corrected chi connectivity index (χ4v) is 1.19. The maximum atomic E-state index is 13.3. The number of allylic oxidation sites excluding steroid dienone is 1. The van der Waals surface area contributed by atoms with E-state index in [1.165, 1.54) is 6.08 Å². The van der Waals surface area contributed by atoms with Crippen molar-refractivity contribution in [3.8, 4) is 0 Å². The second-order valence-electron chi connectivity index (χ2n) is 2.96. The molecule has 14 heavy (non-hydrogen) atoms. The molecule has 0 amide bonds. The molecule has 1 unspecified atom stereocenters.